The Balaban J connectivity index is 1.74. The molecule has 2 aromatic heterocycles. The lowest BCUT2D eigenvalue weighted by atomic mass is 10.2. The molecule has 0 aliphatic carbocycles. The molecule has 0 atom stereocenters. The summed E-state index contributed by atoms with van der Waals surface area (Å²) in [6.07, 6.45) is 7.36. The second kappa shape index (κ2) is 7.86. The van der Waals surface area contributed by atoms with Crippen LogP contribution < -0.4 is 5.32 Å². The highest BCUT2D eigenvalue weighted by molar-refractivity contribution is 5.91. The Kier molecular flexibility index (Phi) is 5.36. The standard InChI is InChI=1S/C19H24N6O/c1-4-23(13-16-12-21-25(14-16)15(2)3)19(26)22-17-8-5-6-9-18(17)24-11-7-10-20-24/h5-12,14-15H,4,13H2,1-3H3,(H,22,26). The van der Waals surface area contributed by atoms with Crippen molar-refractivity contribution in [3.05, 3.63) is 60.7 Å². The predicted octanol–water partition coefficient (Wildman–Crippen LogP) is 3.70. The van der Waals surface area contributed by atoms with Crippen molar-refractivity contribution >= 4 is 11.7 Å². The third kappa shape index (κ3) is 3.93. The minimum atomic E-state index is -0.149. The van der Waals surface area contributed by atoms with E-state index in [2.05, 4.69) is 29.4 Å². The highest BCUT2D eigenvalue weighted by Gasteiger charge is 2.15. The number of hydrogen-bond donors (Lipinski definition) is 1. The zero-order valence-electron chi connectivity index (χ0n) is 15.3. The van der Waals surface area contributed by atoms with Crippen LogP contribution in [0.3, 0.4) is 0 Å². The molecular formula is C19H24N6O. The van der Waals surface area contributed by atoms with Crippen LogP contribution in [-0.4, -0.2) is 37.0 Å². The number of anilines is 1. The summed E-state index contributed by atoms with van der Waals surface area (Å²) in [5, 5.41) is 11.6. The SMILES string of the molecule is CCN(Cc1cnn(C(C)C)c1)C(=O)Nc1ccccc1-n1cccn1. The molecule has 1 aromatic carbocycles. The average molecular weight is 352 g/mol. The van der Waals surface area contributed by atoms with Crippen molar-refractivity contribution in [2.75, 3.05) is 11.9 Å². The summed E-state index contributed by atoms with van der Waals surface area (Å²) in [6, 6.07) is 9.61. The van der Waals surface area contributed by atoms with Crippen molar-refractivity contribution in [2.24, 2.45) is 0 Å². The molecule has 0 fully saturated rings. The van der Waals surface area contributed by atoms with Crippen molar-refractivity contribution in [2.45, 2.75) is 33.4 Å². The van der Waals surface area contributed by atoms with Crippen molar-refractivity contribution in [3.63, 3.8) is 0 Å². The normalized spacial score (nSPS) is 10.9. The van der Waals surface area contributed by atoms with E-state index >= 15 is 0 Å². The Morgan fingerprint density at radius 1 is 1.23 bits per heavy atom. The van der Waals surface area contributed by atoms with Gasteiger partial charge in [-0.3, -0.25) is 4.68 Å². The molecule has 3 aromatic rings. The molecule has 2 amide bonds. The fraction of sp³-hybridized carbons (Fsp3) is 0.316. The van der Waals surface area contributed by atoms with Crippen molar-refractivity contribution in [1.29, 1.82) is 0 Å². The van der Waals surface area contributed by atoms with Crippen LogP contribution in [0.15, 0.2) is 55.1 Å². The van der Waals surface area contributed by atoms with Crippen LogP contribution in [0.2, 0.25) is 0 Å². The van der Waals surface area contributed by atoms with Crippen LogP contribution in [0, 0.1) is 0 Å². The number of benzene rings is 1. The topological polar surface area (TPSA) is 68.0 Å². The van der Waals surface area contributed by atoms with Gasteiger partial charge < -0.3 is 10.2 Å². The maximum atomic E-state index is 12.8. The molecule has 1 N–H and O–H groups in total. The smallest absolute Gasteiger partial charge is 0.320 e. The lowest BCUT2D eigenvalue weighted by molar-refractivity contribution is 0.212. The third-order valence-electron chi connectivity index (χ3n) is 4.12. The molecule has 0 aliphatic heterocycles. The number of hydrogen-bond acceptors (Lipinski definition) is 3. The number of para-hydroxylation sites is 2. The molecule has 0 aliphatic rings. The number of nitrogens with zero attached hydrogens (tertiary/aromatic N) is 5. The maximum absolute atomic E-state index is 12.8. The van der Waals surface area contributed by atoms with Gasteiger partial charge in [0, 0.05) is 36.7 Å². The fourth-order valence-corrected chi connectivity index (χ4v) is 2.67. The van der Waals surface area contributed by atoms with Gasteiger partial charge in [-0.25, -0.2) is 9.48 Å². The summed E-state index contributed by atoms with van der Waals surface area (Å²) in [5.41, 5.74) is 2.56. The van der Waals surface area contributed by atoms with Gasteiger partial charge in [0.1, 0.15) is 0 Å². The summed E-state index contributed by atoms with van der Waals surface area (Å²) < 4.78 is 3.63. The van der Waals surface area contributed by atoms with E-state index < -0.39 is 0 Å². The molecule has 136 valence electrons. The van der Waals surface area contributed by atoms with E-state index in [4.69, 9.17) is 0 Å². The van der Waals surface area contributed by atoms with Crippen LogP contribution in [-0.2, 0) is 6.54 Å². The van der Waals surface area contributed by atoms with Crippen LogP contribution in [0.5, 0.6) is 0 Å². The Morgan fingerprint density at radius 2 is 2.04 bits per heavy atom. The van der Waals surface area contributed by atoms with E-state index in [1.807, 2.05) is 60.5 Å². The fourth-order valence-electron chi connectivity index (χ4n) is 2.67. The van der Waals surface area contributed by atoms with Gasteiger partial charge in [-0.1, -0.05) is 12.1 Å². The summed E-state index contributed by atoms with van der Waals surface area (Å²) in [7, 11) is 0. The zero-order valence-corrected chi connectivity index (χ0v) is 15.3. The Hall–Kier alpha value is -3.09. The average Bonchev–Trinajstić information content (AvgIpc) is 3.32. The highest BCUT2D eigenvalue weighted by atomic mass is 16.2. The zero-order chi connectivity index (χ0) is 18.5. The third-order valence-corrected chi connectivity index (χ3v) is 4.12. The molecule has 0 radical (unpaired) electrons. The van der Waals surface area contributed by atoms with Crippen LogP contribution in [0.1, 0.15) is 32.4 Å². The minimum absolute atomic E-state index is 0.149. The van der Waals surface area contributed by atoms with E-state index in [-0.39, 0.29) is 6.03 Å². The molecule has 0 spiro atoms. The molecule has 7 heteroatoms. The van der Waals surface area contributed by atoms with Gasteiger partial charge in [-0.15, -0.1) is 0 Å². The van der Waals surface area contributed by atoms with E-state index in [9.17, 15) is 4.79 Å². The summed E-state index contributed by atoms with van der Waals surface area (Å²) >= 11 is 0. The molecule has 0 bridgehead atoms. The first-order valence-corrected chi connectivity index (χ1v) is 8.76. The number of amides is 2. The van der Waals surface area contributed by atoms with Crippen molar-refractivity contribution < 1.29 is 4.79 Å². The predicted molar refractivity (Wildman–Crippen MR) is 101 cm³/mol. The van der Waals surface area contributed by atoms with E-state index in [0.29, 0.717) is 19.1 Å². The van der Waals surface area contributed by atoms with E-state index in [1.165, 1.54) is 0 Å². The number of carbonyl (C=O) groups is 1. The quantitative estimate of drug-likeness (QED) is 0.735. The Morgan fingerprint density at radius 3 is 2.69 bits per heavy atom. The van der Waals surface area contributed by atoms with Gasteiger partial charge in [0.05, 0.1) is 24.1 Å². The van der Waals surface area contributed by atoms with Gasteiger partial charge in [0.15, 0.2) is 0 Å². The van der Waals surface area contributed by atoms with E-state index in [1.54, 1.807) is 15.8 Å². The van der Waals surface area contributed by atoms with Gasteiger partial charge in [-0.05, 0) is 39.0 Å². The highest BCUT2D eigenvalue weighted by Crippen LogP contribution is 2.20. The number of aromatic nitrogens is 4. The number of nitrogens with one attached hydrogen (secondary N) is 1. The molecule has 3 rings (SSSR count). The summed E-state index contributed by atoms with van der Waals surface area (Å²) in [4.78, 5) is 14.5. The Labute approximate surface area is 153 Å². The second-order valence-corrected chi connectivity index (χ2v) is 6.33. The summed E-state index contributed by atoms with van der Waals surface area (Å²) in [6.45, 7) is 7.23. The lowest BCUT2D eigenvalue weighted by Crippen LogP contribution is -2.34. The van der Waals surface area contributed by atoms with Gasteiger partial charge >= 0.3 is 6.03 Å². The maximum Gasteiger partial charge on any atom is 0.322 e. The largest absolute Gasteiger partial charge is 0.322 e. The van der Waals surface area contributed by atoms with Crippen molar-refractivity contribution in [1.82, 2.24) is 24.5 Å². The molecule has 0 unspecified atom stereocenters. The number of rotatable bonds is 6. The van der Waals surface area contributed by atoms with E-state index in [0.717, 1.165) is 16.9 Å². The van der Waals surface area contributed by atoms with Crippen LogP contribution in [0.25, 0.3) is 5.69 Å². The minimum Gasteiger partial charge on any atom is -0.320 e. The van der Waals surface area contributed by atoms with Crippen LogP contribution in [0.4, 0.5) is 10.5 Å². The molecule has 0 saturated heterocycles. The molecule has 7 nitrogen and oxygen atoms in total. The Bertz CT molecular complexity index is 853. The molecular weight excluding hydrogens is 328 g/mol. The lowest BCUT2D eigenvalue weighted by Gasteiger charge is -2.21. The monoisotopic (exact) mass is 352 g/mol. The van der Waals surface area contributed by atoms with Crippen molar-refractivity contribution in [3.8, 4) is 5.69 Å². The number of urea groups is 1. The first-order valence-electron chi connectivity index (χ1n) is 8.76. The molecule has 2 heterocycles. The van der Waals surface area contributed by atoms with Gasteiger partial charge in [0.25, 0.3) is 0 Å². The molecule has 26 heavy (non-hydrogen) atoms. The first kappa shape index (κ1) is 17.7. The summed E-state index contributed by atoms with van der Waals surface area (Å²) in [5.74, 6) is 0. The number of carbonyl (C=O) groups excluding carboxylic acids is 1. The van der Waals surface area contributed by atoms with Crippen LogP contribution >= 0.6 is 0 Å². The van der Waals surface area contributed by atoms with Gasteiger partial charge in [0.2, 0.25) is 0 Å². The second-order valence-electron chi connectivity index (χ2n) is 6.33. The first-order chi connectivity index (χ1) is 12.6. The molecule has 0 saturated carbocycles. The van der Waals surface area contributed by atoms with Gasteiger partial charge in [-0.2, -0.15) is 10.2 Å².